The Morgan fingerprint density at radius 2 is 1.22 bits per heavy atom. The molecule has 0 bridgehead atoms. The molecular formula is C21H21BBrO4. The van der Waals surface area contributed by atoms with Crippen molar-refractivity contribution in [2.24, 2.45) is 11.8 Å². The molecule has 3 rings (SSSR count). The predicted octanol–water partition coefficient (Wildman–Crippen LogP) is 4.14. The van der Waals surface area contributed by atoms with Crippen molar-refractivity contribution in [2.45, 2.75) is 32.5 Å². The molecule has 0 heterocycles. The van der Waals surface area contributed by atoms with E-state index in [4.69, 9.17) is 9.47 Å². The minimum atomic E-state index is -0.226. The minimum Gasteiger partial charge on any atom is -0.426 e. The maximum absolute atomic E-state index is 12.4. The smallest absolute Gasteiger partial charge is 0.314 e. The van der Waals surface area contributed by atoms with Gasteiger partial charge in [0.15, 0.2) is 0 Å². The molecule has 1 aliphatic carbocycles. The zero-order valence-electron chi connectivity index (χ0n) is 15.2. The number of esters is 2. The van der Waals surface area contributed by atoms with Gasteiger partial charge in [0.05, 0.1) is 11.8 Å². The molecule has 139 valence electrons. The summed E-state index contributed by atoms with van der Waals surface area (Å²) in [6, 6.07) is 14.6. The van der Waals surface area contributed by atoms with Crippen LogP contribution in [0.2, 0.25) is 6.82 Å². The van der Waals surface area contributed by atoms with Gasteiger partial charge in [0.25, 0.3) is 0 Å². The molecule has 0 aliphatic heterocycles. The quantitative estimate of drug-likeness (QED) is 0.408. The Labute approximate surface area is 168 Å². The van der Waals surface area contributed by atoms with Crippen molar-refractivity contribution in [3.8, 4) is 11.5 Å². The van der Waals surface area contributed by atoms with E-state index in [1.807, 2.05) is 38.4 Å². The highest BCUT2D eigenvalue weighted by Crippen LogP contribution is 2.31. The van der Waals surface area contributed by atoms with Crippen molar-refractivity contribution in [1.82, 2.24) is 0 Å². The van der Waals surface area contributed by atoms with Crippen LogP contribution in [0, 0.1) is 11.8 Å². The van der Waals surface area contributed by atoms with Crippen molar-refractivity contribution in [2.75, 3.05) is 0 Å². The van der Waals surface area contributed by atoms with E-state index in [9.17, 15) is 9.59 Å². The van der Waals surface area contributed by atoms with Gasteiger partial charge in [-0.2, -0.15) is 0 Å². The molecule has 2 aromatic carbocycles. The molecular weight excluding hydrogens is 407 g/mol. The van der Waals surface area contributed by atoms with Crippen molar-refractivity contribution in [1.29, 1.82) is 0 Å². The molecule has 1 radical (unpaired) electrons. The van der Waals surface area contributed by atoms with Crippen LogP contribution in [-0.2, 0) is 9.59 Å². The lowest BCUT2D eigenvalue weighted by Gasteiger charge is -2.25. The molecule has 6 heteroatoms. The molecule has 1 aliphatic rings. The average Bonchev–Trinajstić information content (AvgIpc) is 2.70. The first-order chi connectivity index (χ1) is 13.0. The molecule has 0 unspecified atom stereocenters. The highest BCUT2D eigenvalue weighted by atomic mass is 79.9. The molecule has 0 spiro atoms. The van der Waals surface area contributed by atoms with Crippen LogP contribution in [0.25, 0.3) is 0 Å². The molecule has 0 amide bonds. The summed E-state index contributed by atoms with van der Waals surface area (Å²) in [4.78, 5) is 24.7. The predicted molar refractivity (Wildman–Crippen MR) is 109 cm³/mol. The summed E-state index contributed by atoms with van der Waals surface area (Å²) < 4.78 is 11.9. The Morgan fingerprint density at radius 3 is 1.63 bits per heavy atom. The van der Waals surface area contributed by atoms with Gasteiger partial charge in [-0.3, -0.25) is 9.59 Å². The lowest BCUT2D eigenvalue weighted by atomic mass is 9.73. The second-order valence-corrected chi connectivity index (χ2v) is 7.62. The number of hydrogen-bond acceptors (Lipinski definition) is 4. The van der Waals surface area contributed by atoms with Crippen LogP contribution in [0.4, 0.5) is 0 Å². The van der Waals surface area contributed by atoms with Crippen molar-refractivity contribution < 1.29 is 19.1 Å². The number of rotatable bonds is 5. The molecule has 1 fully saturated rings. The second-order valence-electron chi connectivity index (χ2n) is 6.70. The monoisotopic (exact) mass is 427 g/mol. The molecule has 0 N–H and O–H groups in total. The second kappa shape index (κ2) is 9.22. The molecule has 1 saturated carbocycles. The standard InChI is InChI=1S/C21H21BBrO4/c1-22-16-6-10-18(11-7-16)26-20(24)14-2-4-15(5-3-14)21(25)27-19-12-8-17(23)9-13-19/h6-15H,2-5H2,1H3. The molecule has 2 aromatic rings. The van der Waals surface area contributed by atoms with Gasteiger partial charge in [-0.25, -0.2) is 0 Å². The lowest BCUT2D eigenvalue weighted by Crippen LogP contribution is -2.30. The van der Waals surface area contributed by atoms with Crippen LogP contribution in [0.3, 0.4) is 0 Å². The highest BCUT2D eigenvalue weighted by Gasteiger charge is 2.32. The summed E-state index contributed by atoms with van der Waals surface area (Å²) >= 11 is 3.35. The third-order valence-corrected chi connectivity index (χ3v) is 5.39. The van der Waals surface area contributed by atoms with Crippen LogP contribution in [0.5, 0.6) is 11.5 Å². The Hall–Kier alpha value is -2.08. The van der Waals surface area contributed by atoms with Gasteiger partial charge in [0.1, 0.15) is 18.8 Å². The Morgan fingerprint density at radius 1 is 0.815 bits per heavy atom. The first-order valence-corrected chi connectivity index (χ1v) is 9.93. The van der Waals surface area contributed by atoms with Crippen LogP contribution >= 0.6 is 15.9 Å². The Balaban J connectivity index is 1.47. The van der Waals surface area contributed by atoms with Gasteiger partial charge in [0, 0.05) is 4.47 Å². The van der Waals surface area contributed by atoms with Crippen molar-refractivity contribution in [3.63, 3.8) is 0 Å². The topological polar surface area (TPSA) is 52.6 Å². The van der Waals surface area contributed by atoms with Crippen LogP contribution < -0.4 is 14.9 Å². The van der Waals surface area contributed by atoms with E-state index in [1.165, 1.54) is 0 Å². The number of halogens is 1. The normalized spacial score (nSPS) is 19.2. The Bertz CT molecular complexity index is 781. The molecule has 0 aromatic heterocycles. The summed E-state index contributed by atoms with van der Waals surface area (Å²) in [5.41, 5.74) is 1.08. The van der Waals surface area contributed by atoms with E-state index < -0.39 is 0 Å². The van der Waals surface area contributed by atoms with Gasteiger partial charge >= 0.3 is 11.9 Å². The van der Waals surface area contributed by atoms with Crippen LogP contribution in [-0.4, -0.2) is 19.2 Å². The SMILES string of the molecule is C[B]c1ccc(OC(=O)C2CCC(C(=O)Oc3ccc(Br)cc3)CC2)cc1. The van der Waals surface area contributed by atoms with Gasteiger partial charge in [0.2, 0.25) is 0 Å². The lowest BCUT2D eigenvalue weighted by molar-refractivity contribution is -0.145. The first-order valence-electron chi connectivity index (χ1n) is 9.13. The van der Waals surface area contributed by atoms with Gasteiger partial charge in [-0.05, 0) is 62.1 Å². The summed E-state index contributed by atoms with van der Waals surface area (Å²) in [5.74, 6) is 0.314. The summed E-state index contributed by atoms with van der Waals surface area (Å²) in [5, 5.41) is 0. The molecule has 27 heavy (non-hydrogen) atoms. The Kier molecular flexibility index (Phi) is 6.72. The molecule has 4 nitrogen and oxygen atoms in total. The van der Waals surface area contributed by atoms with Crippen LogP contribution in [0.15, 0.2) is 53.0 Å². The van der Waals surface area contributed by atoms with E-state index in [1.54, 1.807) is 24.3 Å². The van der Waals surface area contributed by atoms with E-state index in [0.717, 1.165) is 9.94 Å². The fraction of sp³-hybridized carbons (Fsp3) is 0.333. The van der Waals surface area contributed by atoms with Crippen LogP contribution in [0.1, 0.15) is 25.7 Å². The number of carbonyl (C=O) groups is 2. The number of hydrogen-bond donors (Lipinski definition) is 0. The molecule has 0 atom stereocenters. The van der Waals surface area contributed by atoms with Gasteiger partial charge in [-0.15, -0.1) is 0 Å². The fourth-order valence-electron chi connectivity index (χ4n) is 3.19. The van der Waals surface area contributed by atoms with E-state index in [-0.39, 0.29) is 23.8 Å². The maximum Gasteiger partial charge on any atom is 0.314 e. The number of carbonyl (C=O) groups excluding carboxylic acids is 2. The van der Waals surface area contributed by atoms with E-state index >= 15 is 0 Å². The van der Waals surface area contributed by atoms with Crippen molar-refractivity contribution in [3.05, 3.63) is 53.0 Å². The third-order valence-electron chi connectivity index (χ3n) is 4.86. The summed E-state index contributed by atoms with van der Waals surface area (Å²) in [6.07, 6.45) is 2.55. The van der Waals surface area contributed by atoms with Gasteiger partial charge in [-0.1, -0.05) is 40.3 Å². The first kappa shape index (κ1) is 19.7. The number of ether oxygens (including phenoxy) is 2. The largest absolute Gasteiger partial charge is 0.426 e. The van der Waals surface area contributed by atoms with E-state index in [2.05, 4.69) is 15.9 Å². The van der Waals surface area contributed by atoms with Crippen molar-refractivity contribution >= 4 is 40.6 Å². The third kappa shape index (κ3) is 5.45. The maximum atomic E-state index is 12.4. The van der Waals surface area contributed by atoms with E-state index in [0.29, 0.717) is 37.2 Å². The zero-order chi connectivity index (χ0) is 19.2. The average molecular weight is 428 g/mol. The minimum absolute atomic E-state index is 0.167. The molecule has 0 saturated heterocycles. The fourth-order valence-corrected chi connectivity index (χ4v) is 3.46. The zero-order valence-corrected chi connectivity index (χ0v) is 16.8. The summed E-state index contributed by atoms with van der Waals surface area (Å²) in [7, 11) is 1.99. The number of benzene rings is 2. The summed E-state index contributed by atoms with van der Waals surface area (Å²) in [6.45, 7) is 1.96. The highest BCUT2D eigenvalue weighted by molar-refractivity contribution is 9.10. The van der Waals surface area contributed by atoms with Gasteiger partial charge < -0.3 is 9.47 Å².